The summed E-state index contributed by atoms with van der Waals surface area (Å²) in [7, 11) is 0. The molecule has 1 heterocycles. The van der Waals surface area contributed by atoms with E-state index in [1.54, 1.807) is 0 Å². The van der Waals surface area contributed by atoms with Crippen molar-refractivity contribution in [3.63, 3.8) is 0 Å². The van der Waals surface area contributed by atoms with Gasteiger partial charge < -0.3 is 4.74 Å². The minimum absolute atomic E-state index is 0.110. The van der Waals surface area contributed by atoms with E-state index in [-0.39, 0.29) is 5.78 Å². The molecule has 0 saturated carbocycles. The van der Waals surface area contributed by atoms with Gasteiger partial charge in [-0.25, -0.2) is 0 Å². The van der Waals surface area contributed by atoms with Gasteiger partial charge in [0.25, 0.3) is 0 Å². The van der Waals surface area contributed by atoms with E-state index in [1.807, 2.05) is 32.0 Å². The summed E-state index contributed by atoms with van der Waals surface area (Å²) in [5, 5.41) is 0. The molecule has 2 nitrogen and oxygen atoms in total. The number of aryl methyl sites for hydroxylation is 4. The minimum atomic E-state index is 0.110. The highest BCUT2D eigenvalue weighted by Crippen LogP contribution is 2.27. The molecule has 2 heteroatoms. The highest BCUT2D eigenvalue weighted by atomic mass is 16.5. The summed E-state index contributed by atoms with van der Waals surface area (Å²) in [5.41, 5.74) is 6.03. The fraction of sp³-hybridized carbons (Fsp3) is 0.316. The van der Waals surface area contributed by atoms with Gasteiger partial charge in [0.2, 0.25) is 0 Å². The van der Waals surface area contributed by atoms with Gasteiger partial charge >= 0.3 is 0 Å². The third-order valence-electron chi connectivity index (χ3n) is 4.07. The second-order valence-corrected chi connectivity index (χ2v) is 5.88. The van der Waals surface area contributed by atoms with Crippen molar-refractivity contribution in [1.29, 1.82) is 0 Å². The van der Waals surface area contributed by atoms with Crippen LogP contribution in [-0.2, 0) is 6.42 Å². The molecule has 0 fully saturated rings. The van der Waals surface area contributed by atoms with Crippen LogP contribution in [0.3, 0.4) is 0 Å². The molecule has 2 aromatic rings. The first-order chi connectivity index (χ1) is 10.1. The van der Waals surface area contributed by atoms with Gasteiger partial charge in [0.05, 0.1) is 6.61 Å². The maximum absolute atomic E-state index is 12.8. The quantitative estimate of drug-likeness (QED) is 0.772. The van der Waals surface area contributed by atoms with E-state index >= 15 is 0 Å². The van der Waals surface area contributed by atoms with Crippen molar-refractivity contribution in [3.05, 3.63) is 63.7 Å². The Kier molecular flexibility index (Phi) is 3.54. The van der Waals surface area contributed by atoms with E-state index < -0.39 is 0 Å². The van der Waals surface area contributed by atoms with Crippen molar-refractivity contribution in [1.82, 2.24) is 0 Å². The molecule has 0 spiro atoms. The zero-order chi connectivity index (χ0) is 15.0. The van der Waals surface area contributed by atoms with Gasteiger partial charge in [-0.15, -0.1) is 0 Å². The summed E-state index contributed by atoms with van der Waals surface area (Å²) in [4.78, 5) is 12.8. The normalized spacial score (nSPS) is 13.5. The molecule has 0 atom stereocenters. The fourth-order valence-electron chi connectivity index (χ4n) is 3.18. The number of hydrogen-bond donors (Lipinski definition) is 0. The van der Waals surface area contributed by atoms with Gasteiger partial charge in [-0.05, 0) is 68.5 Å². The van der Waals surface area contributed by atoms with Gasteiger partial charge in [0.15, 0.2) is 5.78 Å². The highest BCUT2D eigenvalue weighted by molar-refractivity contribution is 6.11. The average molecular weight is 280 g/mol. The lowest BCUT2D eigenvalue weighted by Gasteiger charge is -2.18. The second-order valence-electron chi connectivity index (χ2n) is 5.88. The topological polar surface area (TPSA) is 26.3 Å². The zero-order valence-corrected chi connectivity index (χ0v) is 12.8. The third-order valence-corrected chi connectivity index (χ3v) is 4.07. The first-order valence-electron chi connectivity index (χ1n) is 7.44. The molecule has 0 saturated heterocycles. The van der Waals surface area contributed by atoms with Crippen LogP contribution in [-0.4, -0.2) is 12.4 Å². The van der Waals surface area contributed by atoms with Gasteiger partial charge in [-0.3, -0.25) is 4.79 Å². The van der Waals surface area contributed by atoms with Gasteiger partial charge in [0.1, 0.15) is 5.75 Å². The maximum Gasteiger partial charge on any atom is 0.193 e. The molecule has 1 aliphatic heterocycles. The molecule has 0 aromatic heterocycles. The predicted molar refractivity (Wildman–Crippen MR) is 84.3 cm³/mol. The summed E-state index contributed by atoms with van der Waals surface area (Å²) < 4.78 is 5.62. The molecule has 108 valence electrons. The number of benzene rings is 2. The van der Waals surface area contributed by atoms with Crippen LogP contribution in [0.1, 0.15) is 44.6 Å². The van der Waals surface area contributed by atoms with Crippen molar-refractivity contribution in [2.75, 3.05) is 6.61 Å². The van der Waals surface area contributed by atoms with Crippen molar-refractivity contribution in [2.45, 2.75) is 33.6 Å². The molecule has 21 heavy (non-hydrogen) atoms. The maximum atomic E-state index is 12.8. The zero-order valence-electron chi connectivity index (χ0n) is 12.8. The standard InChI is InChI=1S/C19H20O2/c1-12-9-13(2)18(14(3)10-12)19(20)16-6-7-17-15(11-16)5-4-8-21-17/h6-7,9-11H,4-5,8H2,1-3H3. The van der Waals surface area contributed by atoms with E-state index in [4.69, 9.17) is 4.74 Å². The number of carbonyl (C=O) groups is 1. The van der Waals surface area contributed by atoms with Crippen LogP contribution >= 0.6 is 0 Å². The summed E-state index contributed by atoms with van der Waals surface area (Å²) in [6.45, 7) is 6.85. The predicted octanol–water partition coefficient (Wildman–Crippen LogP) is 4.17. The molecule has 3 rings (SSSR count). The van der Waals surface area contributed by atoms with Crippen LogP contribution in [0.5, 0.6) is 5.75 Å². The third kappa shape index (κ3) is 2.58. The van der Waals surface area contributed by atoms with Crippen LogP contribution in [0.15, 0.2) is 30.3 Å². The van der Waals surface area contributed by atoms with Gasteiger partial charge in [-0.1, -0.05) is 17.7 Å². The van der Waals surface area contributed by atoms with E-state index in [1.165, 1.54) is 5.56 Å². The molecule has 0 aliphatic carbocycles. The molecule has 0 bridgehead atoms. The largest absolute Gasteiger partial charge is 0.493 e. The molecular formula is C19H20O2. The van der Waals surface area contributed by atoms with Crippen LogP contribution in [0.25, 0.3) is 0 Å². The van der Waals surface area contributed by atoms with Crippen LogP contribution in [0.2, 0.25) is 0 Å². The van der Waals surface area contributed by atoms with Crippen LogP contribution in [0.4, 0.5) is 0 Å². The SMILES string of the molecule is Cc1cc(C)c(C(=O)c2ccc3c(c2)CCCO3)c(C)c1. The fourth-order valence-corrected chi connectivity index (χ4v) is 3.18. The number of rotatable bonds is 2. The average Bonchev–Trinajstić information content (AvgIpc) is 2.45. The van der Waals surface area contributed by atoms with Crippen LogP contribution < -0.4 is 4.74 Å². The summed E-state index contributed by atoms with van der Waals surface area (Å²) in [5.74, 6) is 1.04. The Morgan fingerprint density at radius 1 is 1.05 bits per heavy atom. The van der Waals surface area contributed by atoms with Crippen molar-refractivity contribution >= 4 is 5.78 Å². The molecule has 0 unspecified atom stereocenters. The number of ether oxygens (including phenoxy) is 1. The number of fused-ring (bicyclic) bond motifs is 1. The Morgan fingerprint density at radius 2 is 1.76 bits per heavy atom. The Hall–Kier alpha value is -2.09. The van der Waals surface area contributed by atoms with E-state index in [2.05, 4.69) is 19.1 Å². The molecule has 0 N–H and O–H groups in total. The van der Waals surface area contributed by atoms with Crippen molar-refractivity contribution < 1.29 is 9.53 Å². The van der Waals surface area contributed by atoms with Crippen LogP contribution in [0, 0.1) is 20.8 Å². The summed E-state index contributed by atoms with van der Waals surface area (Å²) >= 11 is 0. The molecule has 1 aliphatic rings. The van der Waals surface area contributed by atoms with Crippen molar-refractivity contribution in [3.8, 4) is 5.75 Å². The van der Waals surface area contributed by atoms with Gasteiger partial charge in [0, 0.05) is 11.1 Å². The van der Waals surface area contributed by atoms with E-state index in [0.29, 0.717) is 0 Å². The van der Waals surface area contributed by atoms with Gasteiger partial charge in [-0.2, -0.15) is 0 Å². The van der Waals surface area contributed by atoms with Crippen molar-refractivity contribution in [2.24, 2.45) is 0 Å². The number of ketones is 1. The monoisotopic (exact) mass is 280 g/mol. The number of carbonyl (C=O) groups excluding carboxylic acids is 1. The Bertz CT molecular complexity index is 690. The molecule has 0 radical (unpaired) electrons. The molecular weight excluding hydrogens is 260 g/mol. The molecule has 0 amide bonds. The first kappa shape index (κ1) is 13.9. The Balaban J connectivity index is 2.03. The lowest BCUT2D eigenvalue weighted by molar-refractivity contribution is 0.103. The van der Waals surface area contributed by atoms with E-state index in [0.717, 1.165) is 53.0 Å². The Labute approximate surface area is 125 Å². The number of hydrogen-bond acceptors (Lipinski definition) is 2. The van der Waals surface area contributed by atoms with E-state index in [9.17, 15) is 4.79 Å². The smallest absolute Gasteiger partial charge is 0.193 e. The Morgan fingerprint density at radius 3 is 2.48 bits per heavy atom. The molecule has 2 aromatic carbocycles. The first-order valence-corrected chi connectivity index (χ1v) is 7.44. The second kappa shape index (κ2) is 5.36. The summed E-state index contributed by atoms with van der Waals surface area (Å²) in [6.07, 6.45) is 2.01. The lowest BCUT2D eigenvalue weighted by atomic mass is 9.92. The lowest BCUT2D eigenvalue weighted by Crippen LogP contribution is -2.11. The summed E-state index contributed by atoms with van der Waals surface area (Å²) in [6, 6.07) is 9.95. The highest BCUT2D eigenvalue weighted by Gasteiger charge is 2.18. The minimum Gasteiger partial charge on any atom is -0.493 e.